The van der Waals surface area contributed by atoms with Gasteiger partial charge in [0.1, 0.15) is 0 Å². The van der Waals surface area contributed by atoms with E-state index in [4.69, 9.17) is 4.52 Å². The van der Waals surface area contributed by atoms with Crippen LogP contribution in [0.5, 0.6) is 0 Å². The van der Waals surface area contributed by atoms with Crippen molar-refractivity contribution in [2.45, 2.75) is 19.4 Å². The first-order chi connectivity index (χ1) is 13.1. The molecule has 0 N–H and O–H groups in total. The Morgan fingerprint density at radius 1 is 1.33 bits per heavy atom. The monoisotopic (exact) mass is 382 g/mol. The number of nitrogens with zero attached hydrogens (tertiary/aromatic N) is 4. The molecule has 0 unspecified atom stereocenters. The molecule has 0 bridgehead atoms. The lowest BCUT2D eigenvalue weighted by Crippen LogP contribution is -2.27. The number of carbonyl (C=O) groups excluding carboxylic acids is 2. The third kappa shape index (κ3) is 3.61. The zero-order chi connectivity index (χ0) is 18.8. The molecule has 3 aromatic rings. The standard InChI is InChI=1S/C19H18N4O3S/c1-22(12-16-20-18(21-26-16)15-7-4-10-27-15)19(25)13-5-2-6-14(11-13)23-9-3-8-17(23)24/h2,4-7,10-11H,3,8-9,12H2,1H3. The van der Waals surface area contributed by atoms with Crippen LogP contribution >= 0.6 is 11.3 Å². The average molecular weight is 382 g/mol. The van der Waals surface area contributed by atoms with Gasteiger partial charge in [0.25, 0.3) is 5.91 Å². The Morgan fingerprint density at radius 3 is 2.96 bits per heavy atom. The Bertz CT molecular complexity index is 967. The van der Waals surface area contributed by atoms with E-state index in [0.29, 0.717) is 30.2 Å². The molecular weight excluding hydrogens is 364 g/mol. The predicted molar refractivity (Wildman–Crippen MR) is 101 cm³/mol. The minimum Gasteiger partial charge on any atom is -0.337 e. The van der Waals surface area contributed by atoms with Gasteiger partial charge in [-0.3, -0.25) is 9.59 Å². The average Bonchev–Trinajstić information content (AvgIpc) is 3.42. The molecule has 0 saturated carbocycles. The number of anilines is 1. The molecule has 1 fully saturated rings. The number of hydrogen-bond donors (Lipinski definition) is 0. The van der Waals surface area contributed by atoms with Crippen molar-refractivity contribution < 1.29 is 14.1 Å². The molecule has 4 rings (SSSR count). The summed E-state index contributed by atoms with van der Waals surface area (Å²) in [4.78, 5) is 33.2. The van der Waals surface area contributed by atoms with Crippen LogP contribution in [0.4, 0.5) is 5.69 Å². The third-order valence-electron chi connectivity index (χ3n) is 4.41. The van der Waals surface area contributed by atoms with Gasteiger partial charge in [-0.25, -0.2) is 0 Å². The molecule has 138 valence electrons. The van der Waals surface area contributed by atoms with E-state index in [1.165, 1.54) is 16.2 Å². The summed E-state index contributed by atoms with van der Waals surface area (Å²) in [5.41, 5.74) is 1.28. The lowest BCUT2D eigenvalue weighted by Gasteiger charge is -2.18. The molecular formula is C19H18N4O3S. The number of benzene rings is 1. The first-order valence-corrected chi connectivity index (χ1v) is 9.52. The summed E-state index contributed by atoms with van der Waals surface area (Å²) in [5.74, 6) is 0.829. The molecule has 0 spiro atoms. The second-order valence-corrected chi connectivity index (χ2v) is 7.30. The first-order valence-electron chi connectivity index (χ1n) is 8.64. The maximum Gasteiger partial charge on any atom is 0.254 e. The van der Waals surface area contributed by atoms with Crippen LogP contribution in [0.2, 0.25) is 0 Å². The molecule has 0 atom stereocenters. The van der Waals surface area contributed by atoms with Crippen LogP contribution in [0.25, 0.3) is 10.7 Å². The SMILES string of the molecule is CN(Cc1nc(-c2cccs2)no1)C(=O)c1cccc(N2CCCC2=O)c1. The van der Waals surface area contributed by atoms with E-state index in [-0.39, 0.29) is 18.4 Å². The van der Waals surface area contributed by atoms with E-state index in [0.717, 1.165) is 17.0 Å². The van der Waals surface area contributed by atoms with E-state index in [2.05, 4.69) is 10.1 Å². The molecule has 1 aliphatic heterocycles. The van der Waals surface area contributed by atoms with Crippen LogP contribution < -0.4 is 4.90 Å². The van der Waals surface area contributed by atoms with Crippen molar-refractivity contribution in [3.05, 3.63) is 53.2 Å². The number of rotatable bonds is 5. The van der Waals surface area contributed by atoms with Gasteiger partial charge in [0, 0.05) is 31.3 Å². The molecule has 0 aliphatic carbocycles. The number of carbonyl (C=O) groups is 2. The summed E-state index contributed by atoms with van der Waals surface area (Å²) in [6, 6.07) is 11.0. The zero-order valence-corrected chi connectivity index (χ0v) is 15.6. The van der Waals surface area contributed by atoms with Gasteiger partial charge in [-0.2, -0.15) is 4.98 Å². The third-order valence-corrected chi connectivity index (χ3v) is 5.27. The number of thiophene rings is 1. The van der Waals surface area contributed by atoms with Gasteiger partial charge < -0.3 is 14.3 Å². The largest absolute Gasteiger partial charge is 0.337 e. The first kappa shape index (κ1) is 17.4. The highest BCUT2D eigenvalue weighted by atomic mass is 32.1. The summed E-state index contributed by atoms with van der Waals surface area (Å²) in [5, 5.41) is 5.90. The van der Waals surface area contributed by atoms with Crippen LogP contribution in [0.3, 0.4) is 0 Å². The molecule has 1 aromatic carbocycles. The molecule has 3 heterocycles. The summed E-state index contributed by atoms with van der Waals surface area (Å²) in [6.45, 7) is 0.907. The quantitative estimate of drug-likeness (QED) is 0.677. The van der Waals surface area contributed by atoms with Crippen molar-refractivity contribution in [1.29, 1.82) is 0 Å². The number of hydrogen-bond acceptors (Lipinski definition) is 6. The summed E-state index contributed by atoms with van der Waals surface area (Å²) >= 11 is 1.53. The Balaban J connectivity index is 1.47. The van der Waals surface area contributed by atoms with Gasteiger partial charge in [-0.05, 0) is 36.1 Å². The number of amides is 2. The minimum absolute atomic E-state index is 0.0971. The second kappa shape index (κ2) is 7.32. The maximum atomic E-state index is 12.8. The lowest BCUT2D eigenvalue weighted by molar-refractivity contribution is -0.117. The minimum atomic E-state index is -0.167. The van der Waals surface area contributed by atoms with Gasteiger partial charge >= 0.3 is 0 Å². The van der Waals surface area contributed by atoms with Crippen LogP contribution in [0, 0.1) is 0 Å². The Kier molecular flexibility index (Phi) is 4.72. The Labute approximate surface area is 160 Å². The van der Waals surface area contributed by atoms with Crippen molar-refractivity contribution >= 4 is 28.8 Å². The van der Waals surface area contributed by atoms with Crippen LogP contribution in [-0.2, 0) is 11.3 Å². The maximum absolute atomic E-state index is 12.8. The van der Waals surface area contributed by atoms with Gasteiger partial charge in [-0.15, -0.1) is 11.3 Å². The fourth-order valence-electron chi connectivity index (χ4n) is 3.05. The van der Waals surface area contributed by atoms with Crippen LogP contribution in [0.15, 0.2) is 46.3 Å². The summed E-state index contributed by atoms with van der Waals surface area (Å²) in [6.07, 6.45) is 1.41. The topological polar surface area (TPSA) is 79.5 Å². The highest BCUT2D eigenvalue weighted by Gasteiger charge is 2.23. The van der Waals surface area contributed by atoms with Crippen molar-refractivity contribution in [2.75, 3.05) is 18.5 Å². The summed E-state index contributed by atoms with van der Waals surface area (Å²) in [7, 11) is 1.69. The van der Waals surface area contributed by atoms with Crippen molar-refractivity contribution in [2.24, 2.45) is 0 Å². The molecule has 8 heteroatoms. The highest BCUT2D eigenvalue weighted by Crippen LogP contribution is 2.24. The fourth-order valence-corrected chi connectivity index (χ4v) is 3.70. The van der Waals surface area contributed by atoms with E-state index in [1.54, 1.807) is 30.1 Å². The van der Waals surface area contributed by atoms with Gasteiger partial charge in [0.2, 0.25) is 17.6 Å². The fraction of sp³-hybridized carbons (Fsp3) is 0.263. The van der Waals surface area contributed by atoms with E-state index in [1.807, 2.05) is 23.6 Å². The normalized spacial score (nSPS) is 14.0. The molecule has 1 aliphatic rings. The van der Waals surface area contributed by atoms with Crippen LogP contribution in [0.1, 0.15) is 29.1 Å². The zero-order valence-electron chi connectivity index (χ0n) is 14.8. The summed E-state index contributed by atoms with van der Waals surface area (Å²) < 4.78 is 5.26. The molecule has 27 heavy (non-hydrogen) atoms. The van der Waals surface area contributed by atoms with Gasteiger partial charge in [0.05, 0.1) is 11.4 Å². The molecule has 2 aromatic heterocycles. The van der Waals surface area contributed by atoms with E-state index in [9.17, 15) is 9.59 Å². The Morgan fingerprint density at radius 2 is 2.22 bits per heavy atom. The van der Waals surface area contributed by atoms with Crippen molar-refractivity contribution in [3.63, 3.8) is 0 Å². The van der Waals surface area contributed by atoms with Crippen molar-refractivity contribution in [3.8, 4) is 10.7 Å². The second-order valence-electron chi connectivity index (χ2n) is 6.35. The van der Waals surface area contributed by atoms with Gasteiger partial charge in [-0.1, -0.05) is 17.3 Å². The van der Waals surface area contributed by atoms with Crippen LogP contribution in [-0.4, -0.2) is 40.4 Å². The van der Waals surface area contributed by atoms with E-state index < -0.39 is 0 Å². The van der Waals surface area contributed by atoms with Gasteiger partial charge in [0.15, 0.2) is 0 Å². The lowest BCUT2D eigenvalue weighted by atomic mass is 10.1. The van der Waals surface area contributed by atoms with Crippen molar-refractivity contribution in [1.82, 2.24) is 15.0 Å². The molecule has 1 saturated heterocycles. The molecule has 7 nitrogen and oxygen atoms in total. The number of aromatic nitrogens is 2. The Hall–Kier alpha value is -3.00. The predicted octanol–water partition coefficient (Wildman–Crippen LogP) is 3.20. The highest BCUT2D eigenvalue weighted by molar-refractivity contribution is 7.13. The molecule has 0 radical (unpaired) electrons. The smallest absolute Gasteiger partial charge is 0.254 e. The molecule has 2 amide bonds. The van der Waals surface area contributed by atoms with E-state index >= 15 is 0 Å².